The van der Waals surface area contributed by atoms with Crippen molar-refractivity contribution < 1.29 is 0 Å². The highest BCUT2D eigenvalue weighted by molar-refractivity contribution is 7.16. The summed E-state index contributed by atoms with van der Waals surface area (Å²) in [5.41, 5.74) is 10.2. The van der Waals surface area contributed by atoms with Gasteiger partial charge in [-0.25, -0.2) is 0 Å². The SMILES string of the molecule is CC1CCc2c(sc(N)c2-c2ccncc2)C1. The van der Waals surface area contributed by atoms with E-state index in [1.54, 1.807) is 11.3 Å². The first-order valence-electron chi connectivity index (χ1n) is 6.06. The van der Waals surface area contributed by atoms with Crippen molar-refractivity contribution in [1.29, 1.82) is 0 Å². The van der Waals surface area contributed by atoms with E-state index in [1.165, 1.54) is 40.8 Å². The summed E-state index contributed by atoms with van der Waals surface area (Å²) in [6, 6.07) is 4.10. The Morgan fingerprint density at radius 3 is 2.88 bits per heavy atom. The van der Waals surface area contributed by atoms with Crippen molar-refractivity contribution in [3.8, 4) is 11.1 Å². The second-order valence-corrected chi connectivity index (χ2v) is 5.96. The quantitative estimate of drug-likeness (QED) is 0.833. The van der Waals surface area contributed by atoms with E-state index in [0.29, 0.717) is 0 Å². The topological polar surface area (TPSA) is 38.9 Å². The molecule has 0 saturated heterocycles. The van der Waals surface area contributed by atoms with Crippen LogP contribution in [0.3, 0.4) is 0 Å². The molecule has 2 nitrogen and oxygen atoms in total. The summed E-state index contributed by atoms with van der Waals surface area (Å²) < 4.78 is 0. The lowest BCUT2D eigenvalue weighted by Crippen LogP contribution is -2.09. The van der Waals surface area contributed by atoms with Gasteiger partial charge < -0.3 is 5.73 Å². The van der Waals surface area contributed by atoms with Gasteiger partial charge in [-0.2, -0.15) is 0 Å². The molecule has 2 heterocycles. The second kappa shape index (κ2) is 4.15. The van der Waals surface area contributed by atoms with Crippen LogP contribution in [-0.2, 0) is 12.8 Å². The van der Waals surface area contributed by atoms with E-state index in [2.05, 4.69) is 24.0 Å². The third-order valence-corrected chi connectivity index (χ3v) is 4.59. The Balaban J connectivity index is 2.12. The minimum Gasteiger partial charge on any atom is -0.390 e. The standard InChI is InChI=1S/C14H16N2S/c1-9-2-3-11-12(8-9)17-14(15)13(11)10-4-6-16-7-5-10/h4-7,9H,2-3,8,15H2,1H3. The zero-order valence-electron chi connectivity index (χ0n) is 9.94. The monoisotopic (exact) mass is 244 g/mol. The molecule has 88 valence electrons. The summed E-state index contributed by atoms with van der Waals surface area (Å²) in [4.78, 5) is 5.57. The summed E-state index contributed by atoms with van der Waals surface area (Å²) in [7, 11) is 0. The van der Waals surface area contributed by atoms with Crippen LogP contribution in [-0.4, -0.2) is 4.98 Å². The molecule has 1 aliphatic carbocycles. The van der Waals surface area contributed by atoms with Gasteiger partial charge in [-0.3, -0.25) is 4.98 Å². The Kier molecular flexibility index (Phi) is 2.63. The maximum absolute atomic E-state index is 6.20. The summed E-state index contributed by atoms with van der Waals surface area (Å²) in [6.07, 6.45) is 7.31. The number of thiophene rings is 1. The largest absolute Gasteiger partial charge is 0.390 e. The maximum Gasteiger partial charge on any atom is 0.0941 e. The Hall–Kier alpha value is -1.35. The van der Waals surface area contributed by atoms with E-state index in [0.717, 1.165) is 10.9 Å². The van der Waals surface area contributed by atoms with E-state index in [1.807, 2.05) is 12.4 Å². The number of anilines is 1. The molecule has 0 fully saturated rings. The van der Waals surface area contributed by atoms with Gasteiger partial charge in [-0.1, -0.05) is 6.92 Å². The molecule has 3 heteroatoms. The van der Waals surface area contributed by atoms with Crippen molar-refractivity contribution >= 4 is 16.3 Å². The zero-order chi connectivity index (χ0) is 11.8. The Morgan fingerprint density at radius 2 is 2.12 bits per heavy atom. The lowest BCUT2D eigenvalue weighted by atomic mass is 9.87. The van der Waals surface area contributed by atoms with E-state index in [9.17, 15) is 0 Å². The number of rotatable bonds is 1. The molecule has 0 radical (unpaired) electrons. The van der Waals surface area contributed by atoms with Crippen LogP contribution in [0.4, 0.5) is 5.00 Å². The number of hydrogen-bond acceptors (Lipinski definition) is 3. The van der Waals surface area contributed by atoms with Crippen LogP contribution in [0.25, 0.3) is 11.1 Å². The van der Waals surface area contributed by atoms with Gasteiger partial charge in [0.2, 0.25) is 0 Å². The predicted octanol–water partition coefficient (Wildman–Crippen LogP) is 3.52. The van der Waals surface area contributed by atoms with Crippen LogP contribution in [0, 0.1) is 5.92 Å². The Bertz CT molecular complexity index is 531. The average Bonchev–Trinajstić information content (AvgIpc) is 2.65. The zero-order valence-corrected chi connectivity index (χ0v) is 10.8. The molecule has 0 aromatic carbocycles. The van der Waals surface area contributed by atoms with Crippen molar-refractivity contribution in [3.05, 3.63) is 35.0 Å². The number of hydrogen-bond donors (Lipinski definition) is 1. The highest BCUT2D eigenvalue weighted by atomic mass is 32.1. The number of nitrogen functional groups attached to an aromatic ring is 1. The minimum absolute atomic E-state index is 0.797. The van der Waals surface area contributed by atoms with Crippen molar-refractivity contribution in [2.24, 2.45) is 5.92 Å². The molecule has 17 heavy (non-hydrogen) atoms. The maximum atomic E-state index is 6.20. The first-order chi connectivity index (χ1) is 8.25. The molecule has 0 aliphatic heterocycles. The third kappa shape index (κ3) is 1.84. The summed E-state index contributed by atoms with van der Waals surface area (Å²) in [6.45, 7) is 2.32. The van der Waals surface area contributed by atoms with Crippen molar-refractivity contribution in [3.63, 3.8) is 0 Å². The van der Waals surface area contributed by atoms with Gasteiger partial charge in [0.05, 0.1) is 5.00 Å². The number of aromatic nitrogens is 1. The average molecular weight is 244 g/mol. The Labute approximate surface area is 106 Å². The molecule has 2 N–H and O–H groups in total. The van der Waals surface area contributed by atoms with Crippen LogP contribution >= 0.6 is 11.3 Å². The predicted molar refractivity (Wildman–Crippen MR) is 73.2 cm³/mol. The highest BCUT2D eigenvalue weighted by Crippen LogP contribution is 2.43. The fourth-order valence-corrected chi connectivity index (χ4v) is 3.91. The van der Waals surface area contributed by atoms with Crippen LogP contribution in [0.2, 0.25) is 0 Å². The Morgan fingerprint density at radius 1 is 1.35 bits per heavy atom. The van der Waals surface area contributed by atoms with Crippen LogP contribution in [0.1, 0.15) is 23.8 Å². The number of nitrogens with zero attached hydrogens (tertiary/aromatic N) is 1. The third-order valence-electron chi connectivity index (χ3n) is 3.51. The second-order valence-electron chi connectivity index (χ2n) is 4.83. The molecule has 2 aromatic heterocycles. The first-order valence-corrected chi connectivity index (χ1v) is 6.87. The molecular formula is C14H16N2S. The van der Waals surface area contributed by atoms with Gasteiger partial charge in [0.15, 0.2) is 0 Å². The highest BCUT2D eigenvalue weighted by Gasteiger charge is 2.23. The summed E-state index contributed by atoms with van der Waals surface area (Å²) in [5, 5.41) is 0.968. The first kappa shape index (κ1) is 10.8. The molecule has 0 spiro atoms. The van der Waals surface area contributed by atoms with Crippen LogP contribution in [0.5, 0.6) is 0 Å². The van der Waals surface area contributed by atoms with Crippen molar-refractivity contribution in [2.75, 3.05) is 5.73 Å². The molecule has 2 aromatic rings. The number of pyridine rings is 1. The van der Waals surface area contributed by atoms with E-state index >= 15 is 0 Å². The van der Waals surface area contributed by atoms with Gasteiger partial charge in [0.1, 0.15) is 0 Å². The lowest BCUT2D eigenvalue weighted by Gasteiger charge is -2.18. The molecule has 1 aliphatic rings. The van der Waals surface area contributed by atoms with Gasteiger partial charge in [-0.15, -0.1) is 11.3 Å². The number of fused-ring (bicyclic) bond motifs is 1. The molecule has 3 rings (SSSR count). The number of nitrogens with two attached hydrogens (primary N) is 1. The summed E-state index contributed by atoms with van der Waals surface area (Å²) >= 11 is 1.77. The molecule has 0 amide bonds. The van der Waals surface area contributed by atoms with Gasteiger partial charge >= 0.3 is 0 Å². The van der Waals surface area contributed by atoms with Gasteiger partial charge in [-0.05, 0) is 48.4 Å². The van der Waals surface area contributed by atoms with E-state index in [4.69, 9.17) is 5.73 Å². The smallest absolute Gasteiger partial charge is 0.0941 e. The molecule has 1 atom stereocenters. The van der Waals surface area contributed by atoms with E-state index in [-0.39, 0.29) is 0 Å². The molecule has 0 saturated carbocycles. The lowest BCUT2D eigenvalue weighted by molar-refractivity contribution is 0.508. The van der Waals surface area contributed by atoms with Crippen molar-refractivity contribution in [2.45, 2.75) is 26.2 Å². The normalized spacial score (nSPS) is 19.0. The molecular weight excluding hydrogens is 228 g/mol. The van der Waals surface area contributed by atoms with E-state index < -0.39 is 0 Å². The fourth-order valence-electron chi connectivity index (χ4n) is 2.61. The van der Waals surface area contributed by atoms with Crippen LogP contribution in [0.15, 0.2) is 24.5 Å². The fraction of sp³-hybridized carbons (Fsp3) is 0.357. The van der Waals surface area contributed by atoms with Gasteiger partial charge in [0.25, 0.3) is 0 Å². The van der Waals surface area contributed by atoms with Gasteiger partial charge in [0, 0.05) is 22.8 Å². The minimum atomic E-state index is 0.797. The summed E-state index contributed by atoms with van der Waals surface area (Å²) in [5.74, 6) is 0.797. The molecule has 1 unspecified atom stereocenters. The van der Waals surface area contributed by atoms with Crippen molar-refractivity contribution in [1.82, 2.24) is 4.98 Å². The molecule has 0 bridgehead atoms. The van der Waals surface area contributed by atoms with Crippen LogP contribution < -0.4 is 5.73 Å².